The summed E-state index contributed by atoms with van der Waals surface area (Å²) >= 11 is 0.940. The number of halogens is 2. The lowest BCUT2D eigenvalue weighted by atomic mass is 10.1. The van der Waals surface area contributed by atoms with Gasteiger partial charge < -0.3 is 29.8 Å². The molecule has 4 aromatic rings. The van der Waals surface area contributed by atoms with Crippen LogP contribution < -0.4 is 10.2 Å². The second-order valence-electron chi connectivity index (χ2n) is 11.9. The first kappa shape index (κ1) is 33.5. The Bertz CT molecular complexity index is 2000. The Kier molecular flexibility index (Phi) is 8.79. The Morgan fingerprint density at radius 3 is 2.56 bits per heavy atom. The van der Waals surface area contributed by atoms with Crippen molar-refractivity contribution in [3.63, 3.8) is 0 Å². The second kappa shape index (κ2) is 12.6. The number of nitrogens with one attached hydrogen (secondary N) is 1. The number of carbonyl (C=O) groups excluding carboxylic acids is 4. The summed E-state index contributed by atoms with van der Waals surface area (Å²) in [6.07, 6.45) is 2.91. The topological polar surface area (TPSA) is 173 Å². The van der Waals surface area contributed by atoms with Crippen molar-refractivity contribution in [1.82, 2.24) is 25.3 Å². The molecule has 3 N–H and O–H groups in total. The largest absolute Gasteiger partial charge is 0.399 e. The molecule has 3 atom stereocenters. The van der Waals surface area contributed by atoms with Crippen molar-refractivity contribution in [3.05, 3.63) is 65.2 Å². The predicted molar refractivity (Wildman–Crippen MR) is 172 cm³/mol. The fourth-order valence-electron chi connectivity index (χ4n) is 6.29. The van der Waals surface area contributed by atoms with Crippen LogP contribution in [0.4, 0.5) is 14.5 Å². The maximum atomic E-state index is 14.3. The number of aromatic nitrogens is 2. The standard InChI is InChI=1S/C31H31F2N6O7PS/c1-17(40)38-12-10-21-5-7-25(30(43)37(2)22-4-6-23-18(14-22)9-11-34-36-23)39(21)29(42)24(16-38)35-28(41)27-15-19-13-20(3-8-26(19)48-27)31(32,33)47(44,45)46/h3-4,6,8-9,11,13-15,21,24-25H,5,7,10,12,16H2,1-2H3,(H,35,41)(H2,44,45,46)/t21-,24?,25+/m1/s1. The van der Waals surface area contributed by atoms with Crippen LogP contribution in [0.5, 0.6) is 0 Å². The molecule has 2 fully saturated rings. The van der Waals surface area contributed by atoms with Crippen molar-refractivity contribution in [3.8, 4) is 0 Å². The van der Waals surface area contributed by atoms with Crippen molar-refractivity contribution in [2.24, 2.45) is 0 Å². The van der Waals surface area contributed by atoms with Gasteiger partial charge in [-0.15, -0.1) is 11.3 Å². The van der Waals surface area contributed by atoms with E-state index in [1.807, 2.05) is 0 Å². The molecule has 48 heavy (non-hydrogen) atoms. The average Bonchev–Trinajstić information content (AvgIpc) is 3.67. The van der Waals surface area contributed by atoms with Gasteiger partial charge in [0.1, 0.15) is 12.1 Å². The van der Waals surface area contributed by atoms with Crippen molar-refractivity contribution in [2.75, 3.05) is 25.0 Å². The Labute approximate surface area is 276 Å². The van der Waals surface area contributed by atoms with E-state index in [1.54, 1.807) is 37.5 Å². The number of rotatable bonds is 6. The predicted octanol–water partition coefficient (Wildman–Crippen LogP) is 3.44. The molecule has 0 bridgehead atoms. The van der Waals surface area contributed by atoms with E-state index in [0.29, 0.717) is 41.7 Å². The van der Waals surface area contributed by atoms with E-state index in [0.717, 1.165) is 28.9 Å². The number of amides is 4. The first-order chi connectivity index (χ1) is 22.7. The number of anilines is 1. The summed E-state index contributed by atoms with van der Waals surface area (Å²) in [5, 5.41) is 11.6. The summed E-state index contributed by atoms with van der Waals surface area (Å²) in [5.74, 6) is -1.84. The molecule has 0 saturated carbocycles. The number of likely N-dealkylation sites (N-methyl/N-ethyl adjacent to an activating group) is 1. The summed E-state index contributed by atoms with van der Waals surface area (Å²) < 4.78 is 40.5. The molecule has 0 radical (unpaired) electrons. The summed E-state index contributed by atoms with van der Waals surface area (Å²) in [4.78, 5) is 76.9. The highest BCUT2D eigenvalue weighted by molar-refractivity contribution is 7.52. The average molecular weight is 701 g/mol. The van der Waals surface area contributed by atoms with Gasteiger partial charge in [-0.05, 0) is 67.1 Å². The molecule has 4 amide bonds. The maximum absolute atomic E-state index is 14.3. The van der Waals surface area contributed by atoms with Crippen LogP contribution in [0.1, 0.15) is 41.4 Å². The SMILES string of the molecule is CC(=O)N1CC[C@H]2CC[C@@H](C(=O)N(C)c3ccc4nnccc4c3)N2C(=O)C(NC(=O)c2cc3cc(C(F)(F)P(=O)(O)O)ccc3s2)C1. The van der Waals surface area contributed by atoms with Crippen LogP contribution >= 0.6 is 18.9 Å². The fourth-order valence-corrected chi connectivity index (χ4v) is 7.71. The van der Waals surface area contributed by atoms with Gasteiger partial charge >= 0.3 is 13.3 Å². The zero-order valence-electron chi connectivity index (χ0n) is 25.7. The highest BCUT2D eigenvalue weighted by atomic mass is 32.1. The zero-order valence-corrected chi connectivity index (χ0v) is 27.5. The molecule has 2 aromatic carbocycles. The number of thiophene rings is 1. The van der Waals surface area contributed by atoms with Crippen LogP contribution in [0.2, 0.25) is 0 Å². The number of fused-ring (bicyclic) bond motifs is 3. The van der Waals surface area contributed by atoms with Gasteiger partial charge in [0.25, 0.3) is 5.91 Å². The van der Waals surface area contributed by atoms with Crippen molar-refractivity contribution in [1.29, 1.82) is 0 Å². The first-order valence-electron chi connectivity index (χ1n) is 15.0. The third-order valence-electron chi connectivity index (χ3n) is 8.89. The number of hydrogen-bond acceptors (Lipinski definition) is 8. The van der Waals surface area contributed by atoms with Crippen molar-refractivity contribution < 1.29 is 42.3 Å². The molecule has 2 aliphatic rings. The lowest BCUT2D eigenvalue weighted by Gasteiger charge is -2.39. The van der Waals surface area contributed by atoms with Crippen LogP contribution in [0, 0.1) is 0 Å². The number of carbonyl (C=O) groups is 4. The smallest absolute Gasteiger partial charge is 0.340 e. The molecule has 2 saturated heterocycles. The number of hydrogen-bond donors (Lipinski definition) is 3. The van der Waals surface area contributed by atoms with Gasteiger partial charge in [-0.3, -0.25) is 23.7 Å². The molecule has 0 spiro atoms. The molecule has 4 heterocycles. The van der Waals surface area contributed by atoms with Crippen LogP contribution in [0.15, 0.2) is 54.7 Å². The lowest BCUT2D eigenvalue weighted by Crippen LogP contribution is -2.61. The van der Waals surface area contributed by atoms with Gasteiger partial charge in [0, 0.05) is 54.4 Å². The molecule has 6 rings (SSSR count). The summed E-state index contributed by atoms with van der Waals surface area (Å²) in [7, 11) is -4.18. The van der Waals surface area contributed by atoms with Crippen LogP contribution in [-0.2, 0) is 24.6 Å². The zero-order chi connectivity index (χ0) is 34.5. The minimum absolute atomic E-state index is 0.0530. The van der Waals surface area contributed by atoms with E-state index in [2.05, 4.69) is 15.5 Å². The molecular formula is C31H31F2N6O7PS. The van der Waals surface area contributed by atoms with Gasteiger partial charge in [0.2, 0.25) is 17.7 Å². The van der Waals surface area contributed by atoms with Crippen LogP contribution in [-0.4, -0.2) is 91.7 Å². The van der Waals surface area contributed by atoms with E-state index in [1.165, 1.54) is 33.8 Å². The highest BCUT2D eigenvalue weighted by Gasteiger charge is 2.50. The van der Waals surface area contributed by atoms with Gasteiger partial charge in [0.05, 0.1) is 16.6 Å². The molecule has 0 aliphatic carbocycles. The van der Waals surface area contributed by atoms with Gasteiger partial charge in [-0.2, -0.15) is 19.0 Å². The van der Waals surface area contributed by atoms with Gasteiger partial charge in [-0.25, -0.2) is 0 Å². The third kappa shape index (κ3) is 6.16. The molecule has 17 heteroatoms. The second-order valence-corrected chi connectivity index (χ2v) is 14.6. The molecular weight excluding hydrogens is 669 g/mol. The first-order valence-corrected chi connectivity index (χ1v) is 17.4. The van der Waals surface area contributed by atoms with Crippen LogP contribution in [0.25, 0.3) is 21.0 Å². The monoisotopic (exact) mass is 700 g/mol. The third-order valence-corrected chi connectivity index (χ3v) is 11.0. The summed E-state index contributed by atoms with van der Waals surface area (Å²) in [6.45, 7) is 1.53. The Hall–Kier alpha value is -4.37. The minimum atomic E-state index is -5.80. The number of nitrogens with zero attached hydrogens (tertiary/aromatic N) is 5. The highest BCUT2D eigenvalue weighted by Crippen LogP contribution is 2.59. The van der Waals surface area contributed by atoms with Gasteiger partial charge in [-0.1, -0.05) is 6.07 Å². The van der Waals surface area contributed by atoms with Crippen LogP contribution in [0.3, 0.4) is 0 Å². The Morgan fingerprint density at radius 1 is 1.06 bits per heavy atom. The van der Waals surface area contributed by atoms with Gasteiger partial charge in [0.15, 0.2) is 0 Å². The Morgan fingerprint density at radius 2 is 1.83 bits per heavy atom. The van der Waals surface area contributed by atoms with E-state index < -0.39 is 42.7 Å². The number of alkyl halides is 2. The molecule has 2 aliphatic heterocycles. The summed E-state index contributed by atoms with van der Waals surface area (Å²) in [6, 6.07) is 9.00. The lowest BCUT2D eigenvalue weighted by molar-refractivity contribution is -0.144. The van der Waals surface area contributed by atoms with Crippen molar-refractivity contribution in [2.45, 2.75) is 50.0 Å². The molecule has 252 valence electrons. The molecule has 13 nitrogen and oxygen atoms in total. The van der Waals surface area contributed by atoms with E-state index in [9.17, 15) is 32.5 Å². The minimum Gasteiger partial charge on any atom is -0.340 e. The van der Waals surface area contributed by atoms with Crippen molar-refractivity contribution >= 4 is 69.2 Å². The quantitative estimate of drug-likeness (QED) is 0.255. The Balaban J connectivity index is 1.26. The van der Waals surface area contributed by atoms with E-state index in [-0.39, 0.29) is 34.7 Å². The molecule has 1 unspecified atom stereocenters. The fraction of sp³-hybridized carbons (Fsp3) is 0.355. The van der Waals surface area contributed by atoms with E-state index in [4.69, 9.17) is 9.79 Å². The summed E-state index contributed by atoms with van der Waals surface area (Å²) in [5.41, 5.74) is -4.07. The maximum Gasteiger partial charge on any atom is 0.399 e. The number of benzene rings is 2. The molecule has 2 aromatic heterocycles. The normalized spacial score (nSPS) is 20.4. The van der Waals surface area contributed by atoms with E-state index >= 15 is 0 Å².